The molecule has 0 saturated heterocycles. The number of carbonyl (C=O) groups excluding carboxylic acids is 1. The first kappa shape index (κ1) is 18.3. The van der Waals surface area contributed by atoms with Gasteiger partial charge in [-0.25, -0.2) is 4.79 Å². The van der Waals surface area contributed by atoms with Crippen LogP contribution in [-0.2, 0) is 11.3 Å². The van der Waals surface area contributed by atoms with E-state index in [2.05, 4.69) is 20.3 Å². The molecule has 0 aliphatic heterocycles. The standard InChI is InChI=1S/C20H21N5O2/c1-12-8-9-15(10-14(12)3)18(26)27-11-17-23-19(21)25-20(24-17)22-16-7-5-4-6-13(16)2/h4-10H,11H2,1-3H3,(H3,21,22,23,24,25). The van der Waals surface area contributed by atoms with Crippen molar-refractivity contribution in [2.75, 3.05) is 11.1 Å². The number of carbonyl (C=O) groups is 1. The van der Waals surface area contributed by atoms with Crippen molar-refractivity contribution in [3.8, 4) is 0 Å². The fourth-order valence-electron chi connectivity index (χ4n) is 2.47. The second-order valence-electron chi connectivity index (χ2n) is 6.25. The third kappa shape index (κ3) is 4.58. The molecule has 0 fully saturated rings. The molecule has 0 atom stereocenters. The highest BCUT2D eigenvalue weighted by Gasteiger charge is 2.11. The largest absolute Gasteiger partial charge is 0.454 e. The molecule has 3 rings (SSSR count). The van der Waals surface area contributed by atoms with Gasteiger partial charge in [0.15, 0.2) is 12.4 Å². The first-order chi connectivity index (χ1) is 12.9. The number of anilines is 3. The minimum Gasteiger partial charge on any atom is -0.454 e. The number of aromatic nitrogens is 3. The molecule has 7 heteroatoms. The van der Waals surface area contributed by atoms with Crippen LogP contribution < -0.4 is 11.1 Å². The molecule has 7 nitrogen and oxygen atoms in total. The molecular weight excluding hydrogens is 342 g/mol. The van der Waals surface area contributed by atoms with Gasteiger partial charge in [-0.15, -0.1) is 0 Å². The molecule has 0 spiro atoms. The lowest BCUT2D eigenvalue weighted by molar-refractivity contribution is 0.0462. The smallest absolute Gasteiger partial charge is 0.338 e. The Morgan fingerprint density at radius 3 is 2.52 bits per heavy atom. The van der Waals surface area contributed by atoms with Crippen LogP contribution >= 0.6 is 0 Å². The molecule has 3 aromatic rings. The van der Waals surface area contributed by atoms with Crippen molar-refractivity contribution in [1.82, 2.24) is 15.0 Å². The topological polar surface area (TPSA) is 103 Å². The van der Waals surface area contributed by atoms with Gasteiger partial charge in [0.1, 0.15) is 0 Å². The van der Waals surface area contributed by atoms with E-state index in [0.717, 1.165) is 22.4 Å². The van der Waals surface area contributed by atoms with Crippen molar-refractivity contribution in [3.05, 3.63) is 70.5 Å². The van der Waals surface area contributed by atoms with E-state index >= 15 is 0 Å². The average molecular weight is 363 g/mol. The maximum absolute atomic E-state index is 12.2. The minimum absolute atomic E-state index is 0.0540. The number of nitrogens with zero attached hydrogens (tertiary/aromatic N) is 3. The number of esters is 1. The third-order valence-electron chi connectivity index (χ3n) is 4.17. The third-order valence-corrected chi connectivity index (χ3v) is 4.17. The van der Waals surface area contributed by atoms with Crippen molar-refractivity contribution < 1.29 is 9.53 Å². The Morgan fingerprint density at radius 2 is 1.78 bits per heavy atom. The van der Waals surface area contributed by atoms with E-state index in [-0.39, 0.29) is 18.4 Å². The van der Waals surface area contributed by atoms with E-state index in [1.165, 1.54) is 0 Å². The van der Waals surface area contributed by atoms with Crippen molar-refractivity contribution in [3.63, 3.8) is 0 Å². The number of nitrogens with two attached hydrogens (primary N) is 1. The van der Waals surface area contributed by atoms with Crippen LogP contribution in [0.3, 0.4) is 0 Å². The molecule has 1 aromatic heterocycles. The molecule has 1 heterocycles. The zero-order chi connectivity index (χ0) is 19.4. The van der Waals surface area contributed by atoms with Crippen molar-refractivity contribution in [2.24, 2.45) is 0 Å². The Labute approximate surface area is 157 Å². The van der Waals surface area contributed by atoms with Gasteiger partial charge >= 0.3 is 5.97 Å². The monoisotopic (exact) mass is 363 g/mol. The van der Waals surface area contributed by atoms with Gasteiger partial charge in [-0.3, -0.25) is 0 Å². The Balaban J connectivity index is 1.71. The van der Waals surface area contributed by atoms with E-state index in [0.29, 0.717) is 11.5 Å². The van der Waals surface area contributed by atoms with E-state index in [4.69, 9.17) is 10.5 Å². The van der Waals surface area contributed by atoms with Crippen LogP contribution in [0.5, 0.6) is 0 Å². The fourth-order valence-corrected chi connectivity index (χ4v) is 2.47. The predicted octanol–water partition coefficient (Wildman–Crippen LogP) is 3.48. The Morgan fingerprint density at radius 1 is 1.00 bits per heavy atom. The molecule has 3 N–H and O–H groups in total. The van der Waals surface area contributed by atoms with Gasteiger partial charge in [-0.05, 0) is 55.7 Å². The average Bonchev–Trinajstić information content (AvgIpc) is 2.63. The molecule has 0 aliphatic carbocycles. The summed E-state index contributed by atoms with van der Waals surface area (Å²) in [5.74, 6) is 0.189. The Kier molecular flexibility index (Phi) is 5.30. The summed E-state index contributed by atoms with van der Waals surface area (Å²) in [5, 5.41) is 3.10. The molecule has 2 aromatic carbocycles. The lowest BCUT2D eigenvalue weighted by Gasteiger charge is -2.10. The van der Waals surface area contributed by atoms with E-state index in [1.807, 2.05) is 51.1 Å². The summed E-state index contributed by atoms with van der Waals surface area (Å²) in [6.07, 6.45) is 0. The first-order valence-electron chi connectivity index (χ1n) is 8.50. The number of nitrogen functional groups attached to an aromatic ring is 1. The second kappa shape index (κ2) is 7.82. The molecule has 0 radical (unpaired) electrons. The van der Waals surface area contributed by atoms with Gasteiger partial charge in [0.2, 0.25) is 11.9 Å². The van der Waals surface area contributed by atoms with Gasteiger partial charge < -0.3 is 15.8 Å². The highest BCUT2D eigenvalue weighted by Crippen LogP contribution is 2.18. The Hall–Kier alpha value is -3.48. The van der Waals surface area contributed by atoms with Crippen LogP contribution in [0.1, 0.15) is 32.9 Å². The van der Waals surface area contributed by atoms with Crippen LogP contribution in [0.15, 0.2) is 42.5 Å². The predicted molar refractivity (Wildman–Crippen MR) is 104 cm³/mol. The summed E-state index contributed by atoms with van der Waals surface area (Å²) in [6, 6.07) is 13.2. The lowest BCUT2D eigenvalue weighted by Crippen LogP contribution is -2.11. The summed E-state index contributed by atoms with van der Waals surface area (Å²) in [5.41, 5.74) is 10.3. The van der Waals surface area contributed by atoms with Crippen LogP contribution in [0.4, 0.5) is 17.6 Å². The normalized spacial score (nSPS) is 10.5. The van der Waals surface area contributed by atoms with Gasteiger partial charge in [-0.1, -0.05) is 24.3 Å². The Bertz CT molecular complexity index is 988. The fraction of sp³-hybridized carbons (Fsp3) is 0.200. The molecule has 0 unspecified atom stereocenters. The van der Waals surface area contributed by atoms with Gasteiger partial charge in [0.25, 0.3) is 0 Å². The SMILES string of the molecule is Cc1ccc(C(=O)OCc2nc(N)nc(Nc3ccccc3C)n2)cc1C. The summed E-state index contributed by atoms with van der Waals surface area (Å²) < 4.78 is 5.32. The lowest BCUT2D eigenvalue weighted by atomic mass is 10.1. The quantitative estimate of drug-likeness (QED) is 0.669. The number of para-hydroxylation sites is 1. The summed E-state index contributed by atoms with van der Waals surface area (Å²) in [4.78, 5) is 24.6. The van der Waals surface area contributed by atoms with Crippen LogP contribution in [0, 0.1) is 20.8 Å². The number of benzene rings is 2. The summed E-state index contributed by atoms with van der Waals surface area (Å²) >= 11 is 0. The number of aryl methyl sites for hydroxylation is 3. The van der Waals surface area contributed by atoms with Crippen LogP contribution in [0.2, 0.25) is 0 Å². The number of nitrogens with one attached hydrogen (secondary N) is 1. The number of hydrogen-bond acceptors (Lipinski definition) is 7. The molecule has 0 amide bonds. The number of hydrogen-bond donors (Lipinski definition) is 2. The van der Waals surface area contributed by atoms with E-state index in [9.17, 15) is 4.79 Å². The van der Waals surface area contributed by atoms with Gasteiger partial charge in [-0.2, -0.15) is 15.0 Å². The molecule has 27 heavy (non-hydrogen) atoms. The minimum atomic E-state index is -0.439. The number of ether oxygens (including phenoxy) is 1. The molecule has 138 valence electrons. The zero-order valence-electron chi connectivity index (χ0n) is 15.5. The van der Waals surface area contributed by atoms with Crippen LogP contribution in [-0.4, -0.2) is 20.9 Å². The molecule has 0 saturated carbocycles. The van der Waals surface area contributed by atoms with Crippen LogP contribution in [0.25, 0.3) is 0 Å². The summed E-state index contributed by atoms with van der Waals surface area (Å²) in [6.45, 7) is 5.81. The van der Waals surface area contributed by atoms with E-state index in [1.54, 1.807) is 12.1 Å². The number of rotatable bonds is 5. The van der Waals surface area contributed by atoms with Crippen molar-refractivity contribution >= 4 is 23.6 Å². The van der Waals surface area contributed by atoms with Crippen molar-refractivity contribution in [2.45, 2.75) is 27.4 Å². The maximum atomic E-state index is 12.2. The maximum Gasteiger partial charge on any atom is 0.338 e. The highest BCUT2D eigenvalue weighted by atomic mass is 16.5. The van der Waals surface area contributed by atoms with Gasteiger partial charge in [0.05, 0.1) is 5.56 Å². The zero-order valence-corrected chi connectivity index (χ0v) is 15.5. The van der Waals surface area contributed by atoms with Crippen molar-refractivity contribution in [1.29, 1.82) is 0 Å². The molecule has 0 bridgehead atoms. The first-order valence-corrected chi connectivity index (χ1v) is 8.50. The molecule has 0 aliphatic rings. The molecular formula is C20H21N5O2. The highest BCUT2D eigenvalue weighted by molar-refractivity contribution is 5.89. The summed E-state index contributed by atoms with van der Waals surface area (Å²) in [7, 11) is 0. The van der Waals surface area contributed by atoms with Gasteiger partial charge in [0, 0.05) is 5.69 Å². The second-order valence-corrected chi connectivity index (χ2v) is 6.25. The van der Waals surface area contributed by atoms with E-state index < -0.39 is 5.97 Å².